The normalized spacial score (nSPS) is 52.9. The lowest BCUT2D eigenvalue weighted by atomic mass is 9.34. The molecule has 7 rings (SSSR count). The predicted molar refractivity (Wildman–Crippen MR) is 235 cm³/mol. The van der Waals surface area contributed by atoms with E-state index in [0.29, 0.717) is 51.4 Å². The van der Waals surface area contributed by atoms with Gasteiger partial charge in [0.2, 0.25) is 0 Å². The van der Waals surface area contributed by atoms with E-state index in [1.54, 1.807) is 0 Å². The molecule has 67 heavy (non-hydrogen) atoms. The average Bonchev–Trinajstić information content (AvgIpc) is 3.66. The maximum atomic E-state index is 12.7. The lowest BCUT2D eigenvalue weighted by Gasteiger charge is -2.72. The van der Waals surface area contributed by atoms with Crippen LogP contribution in [-0.4, -0.2) is 202 Å². The molecule has 0 radical (unpaired) electrons. The third-order valence-corrected chi connectivity index (χ3v) is 18.7. The second kappa shape index (κ2) is 19.8. The largest absolute Gasteiger partial charge is 0.394 e. The van der Waals surface area contributed by atoms with Crippen molar-refractivity contribution in [2.75, 3.05) is 19.8 Å². The molecular weight excluding hydrogens is 881 g/mol. The van der Waals surface area contributed by atoms with Crippen LogP contribution < -0.4 is 0 Å². The molecule has 0 spiro atoms. The summed E-state index contributed by atoms with van der Waals surface area (Å²) in [5.41, 5.74) is -2.41. The molecule has 3 saturated heterocycles. The Morgan fingerprint density at radius 3 is 1.76 bits per heavy atom. The molecule has 3 heterocycles. The van der Waals surface area contributed by atoms with Crippen molar-refractivity contribution in [3.63, 3.8) is 0 Å². The van der Waals surface area contributed by atoms with E-state index in [-0.39, 0.29) is 23.7 Å². The van der Waals surface area contributed by atoms with Gasteiger partial charge >= 0.3 is 0 Å². The van der Waals surface area contributed by atoms with Crippen LogP contribution in [0.25, 0.3) is 0 Å². The highest BCUT2D eigenvalue weighted by Crippen LogP contribution is 2.76. The van der Waals surface area contributed by atoms with Gasteiger partial charge in [0.05, 0.1) is 43.7 Å². The molecule has 0 aromatic carbocycles. The Morgan fingerprint density at radius 1 is 0.642 bits per heavy atom. The van der Waals surface area contributed by atoms with Crippen LogP contribution in [0.2, 0.25) is 0 Å². The summed E-state index contributed by atoms with van der Waals surface area (Å²) in [6, 6.07) is 0. The number of aliphatic hydroxyl groups excluding tert-OH is 13. The van der Waals surface area contributed by atoms with Crippen LogP contribution in [0.5, 0.6) is 0 Å². The fourth-order valence-electron chi connectivity index (χ4n) is 14.9. The van der Waals surface area contributed by atoms with E-state index in [9.17, 15) is 66.4 Å². The number of hydrogen-bond donors (Lipinski definition) is 13. The first-order chi connectivity index (χ1) is 31.3. The van der Waals surface area contributed by atoms with Crippen molar-refractivity contribution in [3.8, 4) is 0 Å². The Bertz CT molecular complexity index is 1710. The molecule has 19 nitrogen and oxygen atoms in total. The molecule has 4 saturated carbocycles. The number of rotatable bonds is 13. The minimum atomic E-state index is -1.83. The van der Waals surface area contributed by atoms with Crippen LogP contribution in [0.3, 0.4) is 0 Å². The molecule has 7 fully saturated rings. The zero-order valence-electron chi connectivity index (χ0n) is 40.3. The summed E-state index contributed by atoms with van der Waals surface area (Å²) in [4.78, 5) is 0. The number of allylic oxidation sites excluding steroid dienone is 2. The molecule has 388 valence electrons. The molecule has 19 heteroatoms. The first-order valence-electron chi connectivity index (χ1n) is 24.5. The third-order valence-electron chi connectivity index (χ3n) is 18.7. The van der Waals surface area contributed by atoms with Gasteiger partial charge in [-0.25, -0.2) is 0 Å². The SMILES string of the molecule is CC(C)=CCCC(C)(OC1OC(CO)C(O)C(O)C1O)C1CCC2(C)C1C(O)CC1C3(C)CCC(O)C(C)(C)C3C(OC3OC(CO)C(OC4OC(CO)C(O)C(O)C4O)C(O)C3O)CC12C. The topological polar surface area (TPSA) is 318 Å². The summed E-state index contributed by atoms with van der Waals surface area (Å²) in [7, 11) is 0. The second-order valence-electron chi connectivity index (χ2n) is 23.1. The summed E-state index contributed by atoms with van der Waals surface area (Å²) in [6.45, 7) is 14.5. The molecule has 0 amide bonds. The highest BCUT2D eigenvalue weighted by Gasteiger charge is 2.74. The van der Waals surface area contributed by atoms with E-state index < -0.39 is 158 Å². The van der Waals surface area contributed by atoms with Gasteiger partial charge in [-0.1, -0.05) is 46.3 Å². The van der Waals surface area contributed by atoms with Crippen LogP contribution >= 0.6 is 0 Å². The molecule has 0 aromatic rings. The van der Waals surface area contributed by atoms with Gasteiger partial charge in [-0.3, -0.25) is 0 Å². The lowest BCUT2D eigenvalue weighted by molar-refractivity contribution is -0.374. The zero-order chi connectivity index (χ0) is 49.5. The Labute approximate surface area is 393 Å². The molecule has 0 aromatic heterocycles. The fraction of sp³-hybridized carbons (Fsp3) is 0.958. The van der Waals surface area contributed by atoms with Gasteiger partial charge in [0, 0.05) is 0 Å². The van der Waals surface area contributed by atoms with Crippen molar-refractivity contribution in [1.82, 2.24) is 0 Å². The van der Waals surface area contributed by atoms with E-state index in [1.165, 1.54) is 0 Å². The highest BCUT2D eigenvalue weighted by molar-refractivity contribution is 5.22. The first kappa shape index (κ1) is 53.8. The van der Waals surface area contributed by atoms with E-state index in [0.717, 1.165) is 5.57 Å². The fourth-order valence-corrected chi connectivity index (χ4v) is 14.9. The summed E-state index contributed by atoms with van der Waals surface area (Å²) in [6.07, 6.45) is -19.6. The number of aliphatic hydroxyl groups is 13. The zero-order valence-corrected chi connectivity index (χ0v) is 40.3. The molecular formula is C48H82O19. The number of fused-ring (bicyclic) bond motifs is 5. The van der Waals surface area contributed by atoms with E-state index in [1.807, 2.05) is 34.6 Å². The molecule has 13 N–H and O–H groups in total. The monoisotopic (exact) mass is 963 g/mol. The first-order valence-corrected chi connectivity index (χ1v) is 24.5. The van der Waals surface area contributed by atoms with Gasteiger partial charge in [-0.05, 0) is 117 Å². The summed E-state index contributed by atoms with van der Waals surface area (Å²) in [5.74, 6) is -1.11. The van der Waals surface area contributed by atoms with E-state index in [2.05, 4.69) is 26.8 Å². The molecule has 3 aliphatic heterocycles. The molecule has 4 aliphatic carbocycles. The Morgan fingerprint density at radius 2 is 1.18 bits per heavy atom. The van der Waals surface area contributed by atoms with Gasteiger partial charge in [0.25, 0.3) is 0 Å². The second-order valence-corrected chi connectivity index (χ2v) is 23.1. The average molecular weight is 963 g/mol. The van der Waals surface area contributed by atoms with Crippen molar-refractivity contribution in [1.29, 1.82) is 0 Å². The minimum absolute atomic E-state index is 0.0841. The summed E-state index contributed by atoms with van der Waals surface area (Å²) < 4.78 is 37.3. The molecule has 26 atom stereocenters. The minimum Gasteiger partial charge on any atom is -0.394 e. The smallest absolute Gasteiger partial charge is 0.187 e. The third kappa shape index (κ3) is 9.03. The van der Waals surface area contributed by atoms with Gasteiger partial charge in [-0.15, -0.1) is 0 Å². The summed E-state index contributed by atoms with van der Waals surface area (Å²) >= 11 is 0. The van der Waals surface area contributed by atoms with Gasteiger partial charge in [0.15, 0.2) is 18.9 Å². The molecule has 26 unspecified atom stereocenters. The van der Waals surface area contributed by atoms with Gasteiger partial charge in [0.1, 0.15) is 73.2 Å². The van der Waals surface area contributed by atoms with Crippen molar-refractivity contribution in [3.05, 3.63) is 11.6 Å². The van der Waals surface area contributed by atoms with Crippen molar-refractivity contribution < 1.29 is 94.8 Å². The Balaban J connectivity index is 1.21. The van der Waals surface area contributed by atoms with Crippen molar-refractivity contribution in [2.24, 2.45) is 45.3 Å². The van der Waals surface area contributed by atoms with E-state index >= 15 is 0 Å². The quantitative estimate of drug-likeness (QED) is 0.0773. The van der Waals surface area contributed by atoms with Crippen LogP contribution in [0, 0.1) is 45.3 Å². The molecule has 0 bridgehead atoms. The van der Waals surface area contributed by atoms with Gasteiger partial charge < -0.3 is 94.8 Å². The van der Waals surface area contributed by atoms with Crippen LogP contribution in [0.15, 0.2) is 11.6 Å². The van der Waals surface area contributed by atoms with Crippen LogP contribution in [-0.2, 0) is 28.4 Å². The van der Waals surface area contributed by atoms with Crippen molar-refractivity contribution in [2.45, 2.75) is 223 Å². The lowest BCUT2D eigenvalue weighted by Crippen LogP contribution is -2.71. The predicted octanol–water partition coefficient (Wildman–Crippen LogP) is -1.06. The maximum absolute atomic E-state index is 12.7. The van der Waals surface area contributed by atoms with Crippen LogP contribution in [0.1, 0.15) is 107 Å². The van der Waals surface area contributed by atoms with Crippen LogP contribution in [0.4, 0.5) is 0 Å². The van der Waals surface area contributed by atoms with Gasteiger partial charge in [-0.2, -0.15) is 0 Å². The number of hydrogen-bond acceptors (Lipinski definition) is 19. The van der Waals surface area contributed by atoms with Crippen molar-refractivity contribution >= 4 is 0 Å². The van der Waals surface area contributed by atoms with E-state index in [4.69, 9.17) is 28.4 Å². The summed E-state index contributed by atoms with van der Waals surface area (Å²) in [5, 5.41) is 142. The molecule has 7 aliphatic rings. The Kier molecular flexibility index (Phi) is 15.9. The Hall–Kier alpha value is -1.02. The number of ether oxygens (including phenoxy) is 6. The standard InChI is InChI=1S/C48H82O19/c1-21(2)10-9-13-48(8,67-43-37(60)34(57)32(55)26(19-50)64-43)22-11-15-46(6)30(22)23(52)16-28-45(5)14-12-29(53)44(3,4)40(45)24(17-47(28,46)7)62-41-38(61)35(58)39(27(20-51)65-41)66-42-36(59)33(56)31(54)25(18-49)63-42/h10,22-43,49-61H,9,11-20H2,1-8H3. The highest BCUT2D eigenvalue weighted by atomic mass is 16.7. The maximum Gasteiger partial charge on any atom is 0.187 e.